The zero-order chi connectivity index (χ0) is 18.8. The molecule has 0 aromatic rings. The molecule has 0 radical (unpaired) electrons. The van der Waals surface area contributed by atoms with E-state index in [1.807, 2.05) is 0 Å². The Morgan fingerprint density at radius 2 is 2.00 bits per heavy atom. The minimum atomic E-state index is -0.189. The van der Waals surface area contributed by atoms with Gasteiger partial charge in [0, 0.05) is 6.92 Å². The van der Waals surface area contributed by atoms with Gasteiger partial charge in [-0.1, -0.05) is 39.8 Å². The van der Waals surface area contributed by atoms with Crippen molar-refractivity contribution in [3.8, 4) is 0 Å². The molecule has 0 bridgehead atoms. The molecule has 0 amide bonds. The first-order chi connectivity index (χ1) is 11.6. The third-order valence-electron chi connectivity index (χ3n) is 7.42. The van der Waals surface area contributed by atoms with Gasteiger partial charge in [-0.25, -0.2) is 0 Å². The molecule has 2 saturated carbocycles. The van der Waals surface area contributed by atoms with Crippen LogP contribution in [0.25, 0.3) is 0 Å². The van der Waals surface area contributed by atoms with Crippen LogP contribution in [0, 0.1) is 28.6 Å². The highest BCUT2D eigenvalue weighted by atomic mass is 16.5. The smallest absolute Gasteiger partial charge is 0.302 e. The molecule has 0 aromatic carbocycles. The van der Waals surface area contributed by atoms with E-state index in [1.54, 1.807) is 0 Å². The molecule has 0 saturated heterocycles. The third-order valence-corrected chi connectivity index (χ3v) is 7.42. The molecule has 2 aliphatic rings. The molecular formula is C22H38O3. The third kappa shape index (κ3) is 4.30. The minimum absolute atomic E-state index is 0.00705. The quantitative estimate of drug-likeness (QED) is 0.534. The molecule has 3 nitrogen and oxygen atoms in total. The van der Waals surface area contributed by atoms with Gasteiger partial charge in [0.15, 0.2) is 0 Å². The Labute approximate surface area is 154 Å². The molecule has 144 valence electrons. The zero-order valence-electron chi connectivity index (χ0n) is 16.9. The Morgan fingerprint density at radius 3 is 2.64 bits per heavy atom. The maximum atomic E-state index is 10.9. The fourth-order valence-corrected chi connectivity index (χ4v) is 5.70. The fraction of sp³-hybridized carbons (Fsp3) is 0.864. The van der Waals surface area contributed by atoms with Crippen LogP contribution in [0.4, 0.5) is 0 Å². The number of hydrogen-bond donors (Lipinski definition) is 1. The van der Waals surface area contributed by atoms with E-state index in [0.717, 1.165) is 38.5 Å². The molecule has 0 unspecified atom stereocenters. The van der Waals surface area contributed by atoms with Gasteiger partial charge in [-0.2, -0.15) is 0 Å². The van der Waals surface area contributed by atoms with E-state index in [4.69, 9.17) is 4.74 Å². The summed E-state index contributed by atoms with van der Waals surface area (Å²) >= 11 is 0. The molecule has 0 aromatic heterocycles. The standard InChI is InChI=1S/C22H38O3/c1-15(12-14-25-17(3)23)7-9-18-16(2)8-10-19-21(4,5)20(24)11-13-22(18,19)6/h15,18-20,24H,2,7-14H2,1,3-6H3/t15-,18+,19-,20-,22-/m1/s1. The maximum absolute atomic E-state index is 10.9. The van der Waals surface area contributed by atoms with Crippen molar-refractivity contribution in [2.45, 2.75) is 85.7 Å². The summed E-state index contributed by atoms with van der Waals surface area (Å²) in [6, 6.07) is 0. The van der Waals surface area contributed by atoms with E-state index in [9.17, 15) is 9.90 Å². The van der Waals surface area contributed by atoms with Crippen molar-refractivity contribution < 1.29 is 14.6 Å². The van der Waals surface area contributed by atoms with E-state index in [-0.39, 0.29) is 22.9 Å². The van der Waals surface area contributed by atoms with E-state index < -0.39 is 0 Å². The Kier molecular flexibility index (Phi) is 6.40. The molecule has 1 N–H and O–H groups in total. The maximum Gasteiger partial charge on any atom is 0.302 e. The SMILES string of the molecule is C=C1CC[C@@H]2C(C)(C)[C@H](O)CC[C@]2(C)[C@H]1CC[C@@H](C)CCOC(C)=O. The van der Waals surface area contributed by atoms with Crippen molar-refractivity contribution in [3.63, 3.8) is 0 Å². The number of aliphatic hydroxyl groups excluding tert-OH is 1. The Morgan fingerprint density at radius 1 is 1.32 bits per heavy atom. The lowest BCUT2D eigenvalue weighted by Crippen LogP contribution is -2.54. The van der Waals surface area contributed by atoms with Crippen LogP contribution < -0.4 is 0 Å². The zero-order valence-corrected chi connectivity index (χ0v) is 16.9. The lowest BCUT2D eigenvalue weighted by atomic mass is 9.46. The summed E-state index contributed by atoms with van der Waals surface area (Å²) in [6.45, 7) is 15.6. The van der Waals surface area contributed by atoms with Crippen LogP contribution in [0.5, 0.6) is 0 Å². The van der Waals surface area contributed by atoms with Crippen LogP contribution in [-0.4, -0.2) is 23.8 Å². The molecule has 3 heteroatoms. The number of allylic oxidation sites excluding steroid dienone is 1. The highest BCUT2D eigenvalue weighted by Crippen LogP contribution is 2.61. The first-order valence-electron chi connectivity index (χ1n) is 10.1. The van der Waals surface area contributed by atoms with E-state index >= 15 is 0 Å². The second-order valence-corrected chi connectivity index (χ2v) is 9.49. The van der Waals surface area contributed by atoms with Gasteiger partial charge in [-0.3, -0.25) is 4.79 Å². The summed E-state index contributed by atoms with van der Waals surface area (Å²) in [6.07, 6.45) is 7.35. The minimum Gasteiger partial charge on any atom is -0.466 e. The highest BCUT2D eigenvalue weighted by Gasteiger charge is 2.55. The lowest BCUT2D eigenvalue weighted by molar-refractivity contribution is -0.141. The highest BCUT2D eigenvalue weighted by molar-refractivity contribution is 5.65. The van der Waals surface area contributed by atoms with Crippen molar-refractivity contribution in [3.05, 3.63) is 12.2 Å². The number of fused-ring (bicyclic) bond motifs is 1. The van der Waals surface area contributed by atoms with Gasteiger partial charge in [0.2, 0.25) is 0 Å². The Hall–Kier alpha value is -0.830. The van der Waals surface area contributed by atoms with Gasteiger partial charge in [-0.05, 0) is 73.5 Å². The summed E-state index contributed by atoms with van der Waals surface area (Å²) in [5.74, 6) is 1.48. The Balaban J connectivity index is 2.01. The average molecular weight is 351 g/mol. The van der Waals surface area contributed by atoms with E-state index in [2.05, 4.69) is 34.3 Å². The number of rotatable bonds is 6. The van der Waals surface area contributed by atoms with Crippen LogP contribution in [0.2, 0.25) is 0 Å². The molecule has 0 spiro atoms. The molecule has 0 aliphatic heterocycles. The van der Waals surface area contributed by atoms with Crippen LogP contribution in [0.15, 0.2) is 12.2 Å². The number of esters is 1. The molecular weight excluding hydrogens is 312 g/mol. The first kappa shape index (κ1) is 20.5. The van der Waals surface area contributed by atoms with Gasteiger partial charge in [0.05, 0.1) is 12.7 Å². The molecule has 0 heterocycles. The number of hydrogen-bond acceptors (Lipinski definition) is 3. The summed E-state index contributed by atoms with van der Waals surface area (Å²) in [5.41, 5.74) is 1.67. The number of aliphatic hydroxyl groups is 1. The molecule has 2 fully saturated rings. The van der Waals surface area contributed by atoms with Crippen LogP contribution in [0.3, 0.4) is 0 Å². The van der Waals surface area contributed by atoms with Gasteiger partial charge in [0.25, 0.3) is 0 Å². The fourth-order valence-electron chi connectivity index (χ4n) is 5.70. The van der Waals surface area contributed by atoms with Crippen LogP contribution >= 0.6 is 0 Å². The molecule has 5 atom stereocenters. The summed E-state index contributed by atoms with van der Waals surface area (Å²) in [7, 11) is 0. The lowest BCUT2D eigenvalue weighted by Gasteiger charge is -2.59. The van der Waals surface area contributed by atoms with Gasteiger partial charge in [0.1, 0.15) is 0 Å². The van der Waals surface area contributed by atoms with Gasteiger partial charge < -0.3 is 9.84 Å². The van der Waals surface area contributed by atoms with Crippen molar-refractivity contribution in [1.29, 1.82) is 0 Å². The summed E-state index contributed by atoms with van der Waals surface area (Å²) in [5, 5.41) is 10.5. The van der Waals surface area contributed by atoms with Crippen LogP contribution in [0.1, 0.15) is 79.6 Å². The normalized spacial score (nSPS) is 35.8. The molecule has 2 rings (SSSR count). The van der Waals surface area contributed by atoms with Crippen LogP contribution in [-0.2, 0) is 9.53 Å². The topological polar surface area (TPSA) is 46.5 Å². The molecule has 25 heavy (non-hydrogen) atoms. The number of ether oxygens (including phenoxy) is 1. The number of carbonyl (C=O) groups is 1. The second-order valence-electron chi connectivity index (χ2n) is 9.49. The van der Waals surface area contributed by atoms with Gasteiger partial charge in [-0.15, -0.1) is 0 Å². The van der Waals surface area contributed by atoms with E-state index in [0.29, 0.717) is 24.4 Å². The van der Waals surface area contributed by atoms with E-state index in [1.165, 1.54) is 18.9 Å². The Bertz CT molecular complexity index is 496. The van der Waals surface area contributed by atoms with Crippen molar-refractivity contribution in [1.82, 2.24) is 0 Å². The second kappa shape index (κ2) is 7.82. The molecule has 2 aliphatic carbocycles. The van der Waals surface area contributed by atoms with Gasteiger partial charge >= 0.3 is 5.97 Å². The van der Waals surface area contributed by atoms with Crippen molar-refractivity contribution in [2.75, 3.05) is 6.61 Å². The first-order valence-corrected chi connectivity index (χ1v) is 10.1. The van der Waals surface area contributed by atoms with Crippen molar-refractivity contribution in [2.24, 2.45) is 28.6 Å². The average Bonchev–Trinajstić information content (AvgIpc) is 2.50. The summed E-state index contributed by atoms with van der Waals surface area (Å²) < 4.78 is 5.09. The summed E-state index contributed by atoms with van der Waals surface area (Å²) in [4.78, 5) is 10.9. The van der Waals surface area contributed by atoms with Crippen molar-refractivity contribution >= 4 is 5.97 Å². The monoisotopic (exact) mass is 350 g/mol. The predicted octanol–water partition coefficient (Wildman–Crippen LogP) is 5.13. The largest absolute Gasteiger partial charge is 0.466 e. The predicted molar refractivity (Wildman–Crippen MR) is 102 cm³/mol. The number of carbonyl (C=O) groups excluding carboxylic acids is 1.